The molecule has 0 unspecified atom stereocenters. The minimum atomic E-state index is -0.278. The third kappa shape index (κ3) is 3.71. The van der Waals surface area contributed by atoms with Crippen molar-refractivity contribution < 1.29 is 19.8 Å². The van der Waals surface area contributed by atoms with Gasteiger partial charge in [0.15, 0.2) is 15.8 Å². The van der Waals surface area contributed by atoms with Crippen LogP contribution in [0.25, 0.3) is 6.08 Å². The molecule has 3 N–H and O–H groups in total. The van der Waals surface area contributed by atoms with Crippen molar-refractivity contribution in [3.05, 3.63) is 52.9 Å². The molecular formula is C18H14N2O4S2. The molecule has 2 aromatic carbocycles. The molecule has 132 valence electrons. The van der Waals surface area contributed by atoms with Crippen LogP contribution in [0.2, 0.25) is 0 Å². The first kappa shape index (κ1) is 18.0. The minimum absolute atomic E-state index is 0.177. The summed E-state index contributed by atoms with van der Waals surface area (Å²) < 4.78 is 0.386. The number of carbonyl (C=O) groups excluding carboxylic acids is 2. The molecule has 0 aliphatic carbocycles. The number of nitrogens with one attached hydrogen (secondary N) is 1. The van der Waals surface area contributed by atoms with E-state index in [0.717, 1.165) is 11.8 Å². The number of thiocarbonyl (C=S) groups is 1. The topological polar surface area (TPSA) is 89.9 Å². The van der Waals surface area contributed by atoms with Crippen LogP contribution in [0.4, 0.5) is 11.4 Å². The number of benzene rings is 2. The second-order valence-electron chi connectivity index (χ2n) is 5.49. The smallest absolute Gasteiger partial charge is 0.270 e. The highest BCUT2D eigenvalue weighted by molar-refractivity contribution is 8.27. The van der Waals surface area contributed by atoms with Crippen LogP contribution in [0.3, 0.4) is 0 Å². The summed E-state index contributed by atoms with van der Waals surface area (Å²) in [5, 5.41) is 21.6. The zero-order chi connectivity index (χ0) is 18.8. The lowest BCUT2D eigenvalue weighted by Crippen LogP contribution is -2.27. The van der Waals surface area contributed by atoms with E-state index in [1.54, 1.807) is 36.4 Å². The first-order valence-corrected chi connectivity index (χ1v) is 8.75. The van der Waals surface area contributed by atoms with Gasteiger partial charge < -0.3 is 15.5 Å². The monoisotopic (exact) mass is 386 g/mol. The van der Waals surface area contributed by atoms with Gasteiger partial charge in [-0.3, -0.25) is 14.5 Å². The molecule has 3 rings (SSSR count). The number of carbonyl (C=O) groups is 2. The van der Waals surface area contributed by atoms with E-state index in [4.69, 9.17) is 12.2 Å². The quantitative estimate of drug-likeness (QED) is 0.425. The molecule has 0 atom stereocenters. The fourth-order valence-electron chi connectivity index (χ4n) is 2.37. The van der Waals surface area contributed by atoms with Gasteiger partial charge in [-0.05, 0) is 48.0 Å². The molecule has 1 saturated heterocycles. The van der Waals surface area contributed by atoms with Crippen LogP contribution < -0.4 is 10.2 Å². The van der Waals surface area contributed by atoms with Crippen molar-refractivity contribution in [1.82, 2.24) is 0 Å². The van der Waals surface area contributed by atoms with Crippen LogP contribution in [-0.4, -0.2) is 26.3 Å². The number of aromatic hydroxyl groups is 2. The van der Waals surface area contributed by atoms with Crippen molar-refractivity contribution in [2.75, 3.05) is 10.2 Å². The lowest BCUT2D eigenvalue weighted by molar-refractivity contribution is -0.114. The van der Waals surface area contributed by atoms with Gasteiger partial charge in [0, 0.05) is 12.6 Å². The van der Waals surface area contributed by atoms with Crippen LogP contribution in [0, 0.1) is 0 Å². The molecule has 1 aliphatic rings. The van der Waals surface area contributed by atoms with Crippen LogP contribution in [0.15, 0.2) is 47.4 Å². The Bertz CT molecular complexity index is 939. The van der Waals surface area contributed by atoms with Crippen LogP contribution in [0.1, 0.15) is 12.5 Å². The van der Waals surface area contributed by atoms with Crippen LogP contribution in [0.5, 0.6) is 11.5 Å². The van der Waals surface area contributed by atoms with Crippen LogP contribution in [-0.2, 0) is 9.59 Å². The Labute approximate surface area is 159 Å². The van der Waals surface area contributed by atoms with Crippen molar-refractivity contribution in [2.45, 2.75) is 6.92 Å². The molecule has 0 spiro atoms. The molecule has 0 radical (unpaired) electrons. The van der Waals surface area contributed by atoms with Gasteiger partial charge in [-0.1, -0.05) is 30.0 Å². The van der Waals surface area contributed by atoms with Crippen molar-refractivity contribution in [2.24, 2.45) is 0 Å². The van der Waals surface area contributed by atoms with Gasteiger partial charge in [-0.15, -0.1) is 0 Å². The average Bonchev–Trinajstić information content (AvgIpc) is 2.85. The highest BCUT2D eigenvalue weighted by atomic mass is 32.2. The van der Waals surface area contributed by atoms with Gasteiger partial charge >= 0.3 is 0 Å². The predicted molar refractivity (Wildman–Crippen MR) is 106 cm³/mol. The highest BCUT2D eigenvalue weighted by Crippen LogP contribution is 2.37. The molecule has 26 heavy (non-hydrogen) atoms. The second-order valence-corrected chi connectivity index (χ2v) is 7.17. The van der Waals surface area contributed by atoms with Crippen molar-refractivity contribution >= 4 is 57.6 Å². The molecule has 1 heterocycles. The summed E-state index contributed by atoms with van der Waals surface area (Å²) in [6, 6.07) is 11.1. The van der Waals surface area contributed by atoms with E-state index in [1.807, 2.05) is 0 Å². The number of nitrogens with zero attached hydrogens (tertiary/aromatic N) is 1. The maximum atomic E-state index is 12.7. The third-order valence-corrected chi connectivity index (χ3v) is 4.84. The Morgan fingerprint density at radius 1 is 1.15 bits per heavy atom. The zero-order valence-electron chi connectivity index (χ0n) is 13.6. The Hall–Kier alpha value is -2.84. The summed E-state index contributed by atoms with van der Waals surface area (Å²) in [5.41, 5.74) is 1.79. The Morgan fingerprint density at radius 3 is 2.46 bits per heavy atom. The first-order valence-electron chi connectivity index (χ1n) is 7.53. The summed E-state index contributed by atoms with van der Waals surface area (Å²) in [6.07, 6.45) is 1.60. The molecule has 1 fully saturated rings. The Morgan fingerprint density at radius 2 is 1.85 bits per heavy atom. The minimum Gasteiger partial charge on any atom is -0.504 e. The fourth-order valence-corrected chi connectivity index (χ4v) is 3.67. The van der Waals surface area contributed by atoms with Gasteiger partial charge in [0.2, 0.25) is 5.91 Å². The van der Waals surface area contributed by atoms with E-state index in [2.05, 4.69) is 5.32 Å². The van der Waals surface area contributed by atoms with E-state index < -0.39 is 0 Å². The van der Waals surface area contributed by atoms with Crippen molar-refractivity contribution in [3.8, 4) is 11.5 Å². The van der Waals surface area contributed by atoms with Gasteiger partial charge in [0.25, 0.3) is 5.91 Å². The molecule has 6 nitrogen and oxygen atoms in total. The molecule has 0 bridgehead atoms. The van der Waals surface area contributed by atoms with Gasteiger partial charge in [-0.2, -0.15) is 0 Å². The van der Waals surface area contributed by atoms with E-state index >= 15 is 0 Å². The SMILES string of the molecule is CC(=O)Nc1ccc(N2C(=O)/C(=C/c3ccc(O)c(O)c3)SC2=S)cc1. The Balaban J connectivity index is 1.85. The molecule has 8 heteroatoms. The summed E-state index contributed by atoms with van der Waals surface area (Å²) in [4.78, 5) is 25.6. The summed E-state index contributed by atoms with van der Waals surface area (Å²) >= 11 is 6.46. The zero-order valence-corrected chi connectivity index (χ0v) is 15.2. The lowest BCUT2D eigenvalue weighted by atomic mass is 10.2. The standard InChI is InChI=1S/C18H14N2O4S2/c1-10(21)19-12-3-5-13(6-4-12)20-17(24)16(26-18(20)25)9-11-2-7-14(22)15(23)8-11/h2-9,22-23H,1H3,(H,19,21)/b16-9-. The van der Waals surface area contributed by atoms with Gasteiger partial charge in [0.05, 0.1) is 10.6 Å². The van der Waals surface area contributed by atoms with E-state index in [-0.39, 0.29) is 23.3 Å². The number of anilines is 2. The van der Waals surface area contributed by atoms with Crippen molar-refractivity contribution in [1.29, 1.82) is 0 Å². The summed E-state index contributed by atoms with van der Waals surface area (Å²) in [6.45, 7) is 1.42. The molecule has 0 aromatic heterocycles. The third-order valence-electron chi connectivity index (χ3n) is 3.54. The number of phenolic OH excluding ortho intramolecular Hbond substituents is 2. The summed E-state index contributed by atoms with van der Waals surface area (Å²) in [7, 11) is 0. The molecule has 2 amide bonds. The molecule has 2 aromatic rings. The average molecular weight is 386 g/mol. The van der Waals surface area contributed by atoms with Gasteiger partial charge in [-0.25, -0.2) is 0 Å². The molecular weight excluding hydrogens is 372 g/mol. The predicted octanol–water partition coefficient (Wildman–Crippen LogP) is 3.46. The largest absolute Gasteiger partial charge is 0.504 e. The number of hydrogen-bond acceptors (Lipinski definition) is 6. The maximum absolute atomic E-state index is 12.7. The lowest BCUT2D eigenvalue weighted by Gasteiger charge is -2.15. The second kappa shape index (κ2) is 7.19. The van der Waals surface area contributed by atoms with Crippen LogP contribution >= 0.6 is 24.0 Å². The summed E-state index contributed by atoms with van der Waals surface area (Å²) in [5.74, 6) is -0.944. The fraction of sp³-hybridized carbons (Fsp3) is 0.0556. The number of rotatable bonds is 3. The normalized spacial score (nSPS) is 15.6. The Kier molecular flexibility index (Phi) is 4.97. The number of phenols is 2. The molecule has 0 saturated carbocycles. The van der Waals surface area contributed by atoms with E-state index in [0.29, 0.717) is 26.2 Å². The number of amides is 2. The van der Waals surface area contributed by atoms with Crippen molar-refractivity contribution in [3.63, 3.8) is 0 Å². The molecule has 1 aliphatic heterocycles. The highest BCUT2D eigenvalue weighted by Gasteiger charge is 2.33. The van der Waals surface area contributed by atoms with E-state index in [9.17, 15) is 19.8 Å². The first-order chi connectivity index (χ1) is 12.3. The number of hydrogen-bond donors (Lipinski definition) is 3. The van der Waals surface area contributed by atoms with Gasteiger partial charge in [0.1, 0.15) is 0 Å². The maximum Gasteiger partial charge on any atom is 0.270 e. The number of thioether (sulfide) groups is 1. The van der Waals surface area contributed by atoms with E-state index in [1.165, 1.54) is 24.0 Å².